The van der Waals surface area contributed by atoms with E-state index in [1.807, 2.05) is 23.6 Å². The minimum atomic E-state index is -3.60. The number of sulfonamides is 1. The summed E-state index contributed by atoms with van der Waals surface area (Å²) in [6.07, 6.45) is 0.974. The van der Waals surface area contributed by atoms with Gasteiger partial charge in [-0.05, 0) is 53.8 Å². The molecule has 4 rings (SSSR count). The Morgan fingerprint density at radius 3 is 2.59 bits per heavy atom. The van der Waals surface area contributed by atoms with Gasteiger partial charge in [-0.15, -0.1) is 11.3 Å². The molecule has 0 radical (unpaired) electrons. The van der Waals surface area contributed by atoms with E-state index >= 15 is 0 Å². The highest BCUT2D eigenvalue weighted by atomic mass is 35.5. The van der Waals surface area contributed by atoms with E-state index in [1.54, 1.807) is 23.5 Å². The summed E-state index contributed by atoms with van der Waals surface area (Å²) in [5, 5.41) is 2.54. The van der Waals surface area contributed by atoms with Crippen molar-refractivity contribution in [2.45, 2.75) is 17.4 Å². The highest BCUT2D eigenvalue weighted by molar-refractivity contribution is 7.89. The lowest BCUT2D eigenvalue weighted by molar-refractivity contribution is 0.565. The second-order valence-corrected chi connectivity index (χ2v) is 9.59. The number of thiophene rings is 1. The Morgan fingerprint density at radius 1 is 1.07 bits per heavy atom. The third-order valence-corrected chi connectivity index (χ3v) is 7.43. The molecule has 4 nitrogen and oxygen atoms in total. The van der Waals surface area contributed by atoms with Crippen LogP contribution in [0.1, 0.15) is 16.5 Å². The first-order valence-electron chi connectivity index (χ1n) is 8.68. The van der Waals surface area contributed by atoms with E-state index in [2.05, 4.69) is 27.8 Å². The molecule has 7 heteroatoms. The predicted octanol–water partition coefficient (Wildman–Crippen LogP) is 4.48. The van der Waals surface area contributed by atoms with E-state index in [1.165, 1.54) is 23.4 Å². The van der Waals surface area contributed by atoms with E-state index in [9.17, 15) is 8.42 Å². The van der Waals surface area contributed by atoms with Gasteiger partial charge in [-0.1, -0.05) is 35.9 Å². The van der Waals surface area contributed by atoms with Crippen LogP contribution in [0, 0.1) is 0 Å². The molecule has 0 fully saturated rings. The van der Waals surface area contributed by atoms with Crippen molar-refractivity contribution in [1.29, 1.82) is 0 Å². The molecule has 0 bridgehead atoms. The number of fused-ring (bicyclic) bond motifs is 1. The van der Waals surface area contributed by atoms with Gasteiger partial charge in [0.1, 0.15) is 0 Å². The van der Waals surface area contributed by atoms with Gasteiger partial charge in [0.2, 0.25) is 10.0 Å². The van der Waals surface area contributed by atoms with Crippen molar-refractivity contribution in [3.05, 3.63) is 81.5 Å². The minimum Gasteiger partial charge on any atom is -0.362 e. The second kappa shape index (κ2) is 7.64. The monoisotopic (exact) mass is 418 g/mol. The fourth-order valence-corrected chi connectivity index (χ4v) is 5.42. The molecule has 2 heterocycles. The SMILES string of the molecule is O=S(=O)(NC[C@@H](c1cccs1)N1CCc2ccccc21)c1ccc(Cl)cc1. The molecule has 140 valence electrons. The summed E-state index contributed by atoms with van der Waals surface area (Å²) >= 11 is 7.52. The zero-order chi connectivity index (χ0) is 18.9. The van der Waals surface area contributed by atoms with Crippen LogP contribution in [0.5, 0.6) is 0 Å². The summed E-state index contributed by atoms with van der Waals surface area (Å²) in [6, 6.07) is 18.6. The van der Waals surface area contributed by atoms with Crippen LogP contribution in [-0.4, -0.2) is 21.5 Å². The average Bonchev–Trinajstić information content (AvgIpc) is 3.33. The van der Waals surface area contributed by atoms with Crippen molar-refractivity contribution in [1.82, 2.24) is 4.72 Å². The Balaban J connectivity index is 1.59. The summed E-state index contributed by atoms with van der Waals surface area (Å²) in [7, 11) is -3.60. The Labute approximate surface area is 168 Å². The molecular formula is C20H19ClN2O2S2. The zero-order valence-corrected chi connectivity index (χ0v) is 16.9. The van der Waals surface area contributed by atoms with Gasteiger partial charge in [-0.2, -0.15) is 0 Å². The maximum atomic E-state index is 12.7. The topological polar surface area (TPSA) is 49.4 Å². The molecule has 1 aliphatic rings. The highest BCUT2D eigenvalue weighted by Gasteiger charge is 2.29. The molecule has 0 saturated heterocycles. The van der Waals surface area contributed by atoms with Gasteiger partial charge in [0.05, 0.1) is 10.9 Å². The quantitative estimate of drug-likeness (QED) is 0.641. The van der Waals surface area contributed by atoms with Gasteiger partial charge in [-0.3, -0.25) is 0 Å². The van der Waals surface area contributed by atoms with Crippen molar-refractivity contribution in [3.63, 3.8) is 0 Å². The van der Waals surface area contributed by atoms with Gasteiger partial charge in [0, 0.05) is 28.7 Å². The molecule has 3 aromatic rings. The van der Waals surface area contributed by atoms with E-state index in [-0.39, 0.29) is 10.9 Å². The predicted molar refractivity (Wildman–Crippen MR) is 111 cm³/mol. The Morgan fingerprint density at radius 2 is 1.85 bits per heavy atom. The molecule has 1 N–H and O–H groups in total. The third-order valence-electron chi connectivity index (χ3n) is 4.76. The number of nitrogens with one attached hydrogen (secondary N) is 1. The maximum absolute atomic E-state index is 12.7. The molecule has 0 aliphatic carbocycles. The summed E-state index contributed by atoms with van der Waals surface area (Å²) in [5.41, 5.74) is 2.49. The molecule has 1 aromatic heterocycles. The summed E-state index contributed by atoms with van der Waals surface area (Å²) in [6.45, 7) is 1.18. The number of anilines is 1. The summed E-state index contributed by atoms with van der Waals surface area (Å²) < 4.78 is 28.2. The standard InChI is InChI=1S/C20H19ClN2O2S2/c21-16-7-9-17(10-8-16)27(24,25)22-14-19(20-6-3-13-26-20)23-12-11-15-4-1-2-5-18(15)23/h1-10,13,19,22H,11-12,14H2/t19-/m0/s1. The first-order chi connectivity index (χ1) is 13.0. The van der Waals surface area contributed by atoms with Gasteiger partial charge >= 0.3 is 0 Å². The van der Waals surface area contributed by atoms with Gasteiger partial charge in [-0.25, -0.2) is 13.1 Å². The van der Waals surface area contributed by atoms with Crippen LogP contribution in [0.2, 0.25) is 5.02 Å². The molecule has 0 spiro atoms. The van der Waals surface area contributed by atoms with Crippen LogP contribution in [0.3, 0.4) is 0 Å². The lowest BCUT2D eigenvalue weighted by Crippen LogP contribution is -2.37. The highest BCUT2D eigenvalue weighted by Crippen LogP contribution is 2.36. The number of hydrogen-bond acceptors (Lipinski definition) is 4. The maximum Gasteiger partial charge on any atom is 0.240 e. The fraction of sp³-hybridized carbons (Fsp3) is 0.200. The van der Waals surface area contributed by atoms with E-state index in [4.69, 9.17) is 11.6 Å². The van der Waals surface area contributed by atoms with Crippen LogP contribution in [0.15, 0.2) is 70.9 Å². The van der Waals surface area contributed by atoms with Crippen LogP contribution in [-0.2, 0) is 16.4 Å². The second-order valence-electron chi connectivity index (χ2n) is 6.41. The van der Waals surface area contributed by atoms with Crippen LogP contribution >= 0.6 is 22.9 Å². The van der Waals surface area contributed by atoms with Crippen molar-refractivity contribution in [2.24, 2.45) is 0 Å². The lowest BCUT2D eigenvalue weighted by Gasteiger charge is -2.30. The Bertz CT molecular complexity index is 1020. The smallest absolute Gasteiger partial charge is 0.240 e. The lowest BCUT2D eigenvalue weighted by atomic mass is 10.1. The van der Waals surface area contributed by atoms with Crippen LogP contribution in [0.4, 0.5) is 5.69 Å². The Hall–Kier alpha value is -1.86. The van der Waals surface area contributed by atoms with Crippen molar-refractivity contribution < 1.29 is 8.42 Å². The van der Waals surface area contributed by atoms with Gasteiger partial charge in [0.25, 0.3) is 0 Å². The Kier molecular flexibility index (Phi) is 5.23. The number of rotatable bonds is 6. The number of benzene rings is 2. The number of hydrogen-bond donors (Lipinski definition) is 1. The normalized spacial score (nSPS) is 14.9. The largest absolute Gasteiger partial charge is 0.362 e. The van der Waals surface area contributed by atoms with Crippen LogP contribution < -0.4 is 9.62 Å². The first-order valence-corrected chi connectivity index (χ1v) is 11.4. The molecule has 27 heavy (non-hydrogen) atoms. The van der Waals surface area contributed by atoms with Gasteiger partial charge < -0.3 is 4.90 Å². The molecular weight excluding hydrogens is 400 g/mol. The first kappa shape index (κ1) is 18.5. The minimum absolute atomic E-state index is 0.0456. The van der Waals surface area contributed by atoms with E-state index in [0.29, 0.717) is 11.6 Å². The molecule has 1 aliphatic heterocycles. The van der Waals surface area contributed by atoms with Crippen LogP contribution in [0.25, 0.3) is 0 Å². The molecule has 0 amide bonds. The summed E-state index contributed by atoms with van der Waals surface area (Å²) in [4.78, 5) is 3.66. The van der Waals surface area contributed by atoms with Crippen molar-refractivity contribution >= 4 is 38.6 Å². The fourth-order valence-electron chi connectivity index (χ4n) is 3.42. The zero-order valence-electron chi connectivity index (χ0n) is 14.5. The van der Waals surface area contributed by atoms with Gasteiger partial charge in [0.15, 0.2) is 0 Å². The third kappa shape index (κ3) is 3.89. The van der Waals surface area contributed by atoms with E-state index in [0.717, 1.165) is 17.8 Å². The van der Waals surface area contributed by atoms with Crippen molar-refractivity contribution in [2.75, 3.05) is 18.0 Å². The average molecular weight is 419 g/mol. The molecule has 2 aromatic carbocycles. The number of nitrogens with zero attached hydrogens (tertiary/aromatic N) is 1. The molecule has 0 unspecified atom stereocenters. The molecule has 1 atom stereocenters. The number of para-hydroxylation sites is 1. The van der Waals surface area contributed by atoms with Crippen molar-refractivity contribution in [3.8, 4) is 0 Å². The summed E-state index contributed by atoms with van der Waals surface area (Å²) in [5.74, 6) is 0. The van der Waals surface area contributed by atoms with E-state index < -0.39 is 10.0 Å². The molecule has 0 saturated carbocycles. The number of halogens is 1.